The first-order valence-electron chi connectivity index (χ1n) is 6.76. The molecule has 1 heterocycles. The summed E-state index contributed by atoms with van der Waals surface area (Å²) in [6.45, 7) is 0. The Kier molecular flexibility index (Phi) is 5.11. The molecule has 0 aliphatic carbocycles. The largest absolute Gasteiger partial charge is 0.270 e. The van der Waals surface area contributed by atoms with E-state index in [4.69, 9.17) is 23.8 Å². The van der Waals surface area contributed by atoms with Gasteiger partial charge in [0, 0.05) is 9.92 Å². The second kappa shape index (κ2) is 7.09. The number of hydrogen-bond acceptors (Lipinski definition) is 4. The van der Waals surface area contributed by atoms with Crippen LogP contribution in [0.1, 0.15) is 5.56 Å². The Morgan fingerprint density at radius 2 is 1.96 bits per heavy atom. The van der Waals surface area contributed by atoms with Gasteiger partial charge in [-0.1, -0.05) is 53.8 Å². The zero-order chi connectivity index (χ0) is 16.4. The molecule has 1 amide bonds. The van der Waals surface area contributed by atoms with E-state index in [0.717, 1.165) is 5.56 Å². The van der Waals surface area contributed by atoms with E-state index in [1.807, 2.05) is 42.7 Å². The molecule has 1 aliphatic rings. The van der Waals surface area contributed by atoms with Crippen molar-refractivity contribution in [3.05, 3.63) is 64.0 Å². The van der Waals surface area contributed by atoms with E-state index in [9.17, 15) is 4.79 Å². The van der Waals surface area contributed by atoms with Crippen molar-refractivity contribution < 1.29 is 4.79 Å². The molecule has 2 aromatic carbocycles. The molecule has 116 valence electrons. The maximum Gasteiger partial charge on any atom is 0.270 e. The van der Waals surface area contributed by atoms with Gasteiger partial charge < -0.3 is 0 Å². The predicted molar refractivity (Wildman–Crippen MR) is 105 cm³/mol. The Morgan fingerprint density at radius 3 is 2.61 bits per heavy atom. The molecule has 3 rings (SSSR count). The van der Waals surface area contributed by atoms with Gasteiger partial charge in [0.25, 0.3) is 5.91 Å². The molecule has 0 saturated carbocycles. The van der Waals surface area contributed by atoms with Gasteiger partial charge >= 0.3 is 0 Å². The highest BCUT2D eigenvalue weighted by atomic mass is 35.5. The van der Waals surface area contributed by atoms with Crippen molar-refractivity contribution in [2.24, 2.45) is 0 Å². The summed E-state index contributed by atoms with van der Waals surface area (Å²) in [5.74, 6) is -0.115. The molecule has 0 aromatic heterocycles. The van der Waals surface area contributed by atoms with E-state index < -0.39 is 0 Å². The van der Waals surface area contributed by atoms with Gasteiger partial charge in [-0.25, -0.2) is 0 Å². The number of benzene rings is 2. The molecule has 6 heteroatoms. The second-order valence-electron chi connectivity index (χ2n) is 4.77. The first-order valence-corrected chi connectivity index (χ1v) is 9.59. The van der Waals surface area contributed by atoms with Crippen LogP contribution in [0.3, 0.4) is 0 Å². The summed E-state index contributed by atoms with van der Waals surface area (Å²) >= 11 is 14.4. The van der Waals surface area contributed by atoms with E-state index in [-0.39, 0.29) is 5.91 Å². The Labute approximate surface area is 153 Å². The first-order chi connectivity index (χ1) is 11.1. The fraction of sp³-hybridized carbons (Fsp3) is 0.0588. The molecule has 0 unspecified atom stereocenters. The van der Waals surface area contributed by atoms with Crippen molar-refractivity contribution in [3.63, 3.8) is 0 Å². The smallest absolute Gasteiger partial charge is 0.268 e. The molecule has 2 aromatic rings. The number of thiocarbonyl (C=S) groups is 1. The van der Waals surface area contributed by atoms with Crippen molar-refractivity contribution in [3.8, 4) is 0 Å². The molecule has 0 radical (unpaired) electrons. The third-order valence-electron chi connectivity index (χ3n) is 3.27. The summed E-state index contributed by atoms with van der Waals surface area (Å²) in [4.78, 5) is 16.0. The lowest BCUT2D eigenvalue weighted by atomic mass is 10.2. The van der Waals surface area contributed by atoms with Crippen LogP contribution in [0.4, 0.5) is 5.69 Å². The molecule has 0 atom stereocenters. The van der Waals surface area contributed by atoms with Crippen molar-refractivity contribution in [1.29, 1.82) is 0 Å². The molecule has 1 fully saturated rings. The summed E-state index contributed by atoms with van der Waals surface area (Å²) in [6.07, 6.45) is 3.90. The molecule has 23 heavy (non-hydrogen) atoms. The lowest BCUT2D eigenvalue weighted by Gasteiger charge is -2.14. The van der Waals surface area contributed by atoms with Crippen LogP contribution in [0.15, 0.2) is 58.3 Å². The quantitative estimate of drug-likeness (QED) is 0.401. The number of nitrogens with zero attached hydrogens (tertiary/aromatic N) is 1. The standard InChI is InChI=1S/C17H12ClNOS3/c1-22-14-7-5-11(6-8-14)9-15-16(20)19(17(21)23-15)13-4-2-3-12(18)10-13/h2-10H,1H3. The maximum absolute atomic E-state index is 12.7. The SMILES string of the molecule is CSc1ccc(C=C2SC(=S)N(c3cccc(Cl)c3)C2=O)cc1. The minimum absolute atomic E-state index is 0.115. The summed E-state index contributed by atoms with van der Waals surface area (Å²) < 4.78 is 0.518. The molecule has 0 bridgehead atoms. The van der Waals surface area contributed by atoms with Gasteiger partial charge in [0.1, 0.15) is 0 Å². The molecule has 0 spiro atoms. The van der Waals surface area contributed by atoms with Crippen molar-refractivity contribution in [2.75, 3.05) is 11.2 Å². The van der Waals surface area contributed by atoms with Gasteiger partial charge in [-0.05, 0) is 48.2 Å². The zero-order valence-electron chi connectivity index (χ0n) is 12.2. The Balaban J connectivity index is 1.89. The maximum atomic E-state index is 12.7. The number of halogens is 1. The van der Waals surface area contributed by atoms with Gasteiger partial charge in [0.05, 0.1) is 10.6 Å². The number of hydrogen-bond donors (Lipinski definition) is 0. The highest BCUT2D eigenvalue weighted by Crippen LogP contribution is 2.36. The van der Waals surface area contributed by atoms with Crippen LogP contribution in [-0.4, -0.2) is 16.5 Å². The number of carbonyl (C=O) groups excluding carboxylic acids is 1. The third-order valence-corrected chi connectivity index (χ3v) is 5.55. The van der Waals surface area contributed by atoms with Crippen LogP contribution in [0, 0.1) is 0 Å². The summed E-state index contributed by atoms with van der Waals surface area (Å²) in [6, 6.07) is 15.2. The minimum atomic E-state index is -0.115. The van der Waals surface area contributed by atoms with Gasteiger partial charge in [0.15, 0.2) is 4.32 Å². The molecular weight excluding hydrogens is 366 g/mol. The van der Waals surface area contributed by atoms with Gasteiger partial charge in [-0.15, -0.1) is 11.8 Å². The molecule has 0 N–H and O–H groups in total. The van der Waals surface area contributed by atoms with Crippen LogP contribution >= 0.6 is 47.3 Å². The Hall–Kier alpha value is -1.27. The first kappa shape index (κ1) is 16.6. The highest BCUT2D eigenvalue weighted by molar-refractivity contribution is 8.27. The Bertz CT molecular complexity index is 802. The van der Waals surface area contributed by atoms with Crippen molar-refractivity contribution >= 4 is 69.3 Å². The molecular formula is C17H12ClNOS3. The molecule has 1 saturated heterocycles. The van der Waals surface area contributed by atoms with Crippen molar-refractivity contribution in [2.45, 2.75) is 4.90 Å². The zero-order valence-corrected chi connectivity index (χ0v) is 15.4. The monoisotopic (exact) mass is 377 g/mol. The summed E-state index contributed by atoms with van der Waals surface area (Å²) in [5.41, 5.74) is 1.68. The van der Waals surface area contributed by atoms with Crippen molar-refractivity contribution in [1.82, 2.24) is 0 Å². The van der Waals surface area contributed by atoms with E-state index in [2.05, 4.69) is 0 Å². The van der Waals surface area contributed by atoms with Crippen LogP contribution in [0.2, 0.25) is 5.02 Å². The lowest BCUT2D eigenvalue weighted by molar-refractivity contribution is -0.113. The minimum Gasteiger partial charge on any atom is -0.268 e. The van der Waals surface area contributed by atoms with E-state index in [1.54, 1.807) is 30.0 Å². The van der Waals surface area contributed by atoms with Gasteiger partial charge in [-0.2, -0.15) is 0 Å². The number of anilines is 1. The average molecular weight is 378 g/mol. The predicted octanol–water partition coefficient (Wildman–Crippen LogP) is 5.47. The van der Waals surface area contributed by atoms with Gasteiger partial charge in [-0.3, -0.25) is 9.69 Å². The van der Waals surface area contributed by atoms with Gasteiger partial charge in [0.2, 0.25) is 0 Å². The van der Waals surface area contributed by atoms with E-state index >= 15 is 0 Å². The Morgan fingerprint density at radius 1 is 1.22 bits per heavy atom. The molecule has 1 aliphatic heterocycles. The number of amides is 1. The lowest BCUT2D eigenvalue weighted by Crippen LogP contribution is -2.27. The number of thioether (sulfide) groups is 2. The summed E-state index contributed by atoms with van der Waals surface area (Å²) in [5, 5.41) is 0.577. The number of carbonyl (C=O) groups is 1. The average Bonchev–Trinajstić information content (AvgIpc) is 2.82. The third kappa shape index (κ3) is 3.63. The molecule has 2 nitrogen and oxygen atoms in total. The van der Waals surface area contributed by atoms with E-state index in [0.29, 0.717) is 19.9 Å². The summed E-state index contributed by atoms with van der Waals surface area (Å²) in [7, 11) is 0. The fourth-order valence-electron chi connectivity index (χ4n) is 2.16. The highest BCUT2D eigenvalue weighted by Gasteiger charge is 2.33. The van der Waals surface area contributed by atoms with Crippen LogP contribution in [0.5, 0.6) is 0 Å². The van der Waals surface area contributed by atoms with Crippen LogP contribution in [-0.2, 0) is 4.79 Å². The fourth-order valence-corrected chi connectivity index (χ4v) is 4.05. The second-order valence-corrected chi connectivity index (χ2v) is 7.76. The van der Waals surface area contributed by atoms with E-state index in [1.165, 1.54) is 21.6 Å². The van der Waals surface area contributed by atoms with Crippen LogP contribution in [0.25, 0.3) is 6.08 Å². The normalized spacial score (nSPS) is 16.4. The number of rotatable bonds is 3. The topological polar surface area (TPSA) is 20.3 Å². The van der Waals surface area contributed by atoms with Crippen LogP contribution < -0.4 is 4.90 Å².